The van der Waals surface area contributed by atoms with E-state index < -0.39 is 6.34 Å². The molecule has 2 atom stereocenters. The molecule has 1 aliphatic heterocycles. The standard InChI is InChI=1S/C8H13OPS/c1-4-8(2)5-6-10(3,9)11-7-8/h1H,5-7H2,2-3H3. The molecule has 62 valence electrons. The van der Waals surface area contributed by atoms with E-state index in [-0.39, 0.29) is 5.41 Å². The molecule has 1 nitrogen and oxygen atoms in total. The van der Waals surface area contributed by atoms with Gasteiger partial charge in [0.15, 0.2) is 0 Å². The lowest BCUT2D eigenvalue weighted by Crippen LogP contribution is -2.22. The maximum atomic E-state index is 11.5. The highest BCUT2D eigenvalue weighted by Gasteiger charge is 2.33. The summed E-state index contributed by atoms with van der Waals surface area (Å²) in [7, 11) is 0. The molecule has 1 heterocycles. The van der Waals surface area contributed by atoms with E-state index in [1.165, 1.54) is 0 Å². The largest absolute Gasteiger partial charge is 0.312 e. The first-order valence-electron chi connectivity index (χ1n) is 3.66. The molecule has 2 unspecified atom stereocenters. The SMILES string of the molecule is C#CC1(C)CCP(C)(=O)SC1. The summed E-state index contributed by atoms with van der Waals surface area (Å²) in [4.78, 5) is 0. The van der Waals surface area contributed by atoms with Gasteiger partial charge in [0.1, 0.15) is 6.34 Å². The molecule has 0 aliphatic carbocycles. The first-order valence-corrected chi connectivity index (χ1v) is 7.59. The molecule has 11 heavy (non-hydrogen) atoms. The van der Waals surface area contributed by atoms with E-state index in [1.54, 1.807) is 11.4 Å². The fourth-order valence-electron chi connectivity index (χ4n) is 0.979. The van der Waals surface area contributed by atoms with Crippen LogP contribution in [-0.4, -0.2) is 18.6 Å². The second-order valence-corrected chi connectivity index (χ2v) is 9.58. The quantitative estimate of drug-likeness (QED) is 0.429. The molecule has 0 aromatic rings. The smallest absolute Gasteiger partial charge is 0.136 e. The predicted molar refractivity (Wildman–Crippen MR) is 52.4 cm³/mol. The zero-order chi connectivity index (χ0) is 8.54. The maximum Gasteiger partial charge on any atom is 0.136 e. The van der Waals surface area contributed by atoms with Gasteiger partial charge in [-0.2, -0.15) is 0 Å². The first-order chi connectivity index (χ1) is 4.97. The van der Waals surface area contributed by atoms with Crippen molar-refractivity contribution >= 4 is 17.7 Å². The number of terminal acetylenes is 1. The van der Waals surface area contributed by atoms with Crippen molar-refractivity contribution < 1.29 is 4.57 Å². The van der Waals surface area contributed by atoms with Gasteiger partial charge >= 0.3 is 0 Å². The Morgan fingerprint density at radius 3 is 2.73 bits per heavy atom. The Kier molecular flexibility index (Phi) is 2.42. The highest BCUT2D eigenvalue weighted by molar-refractivity contribution is 8.58. The zero-order valence-corrected chi connectivity index (χ0v) is 8.67. The Balaban J connectivity index is 2.64. The first kappa shape index (κ1) is 9.23. The van der Waals surface area contributed by atoms with Gasteiger partial charge in [0.05, 0.1) is 0 Å². The molecule has 1 fully saturated rings. The molecule has 3 heteroatoms. The Morgan fingerprint density at radius 2 is 2.36 bits per heavy atom. The normalized spacial score (nSPS) is 44.8. The Hall–Kier alpha value is 0.140. The van der Waals surface area contributed by atoms with Gasteiger partial charge < -0.3 is 4.57 Å². The molecule has 0 bridgehead atoms. The van der Waals surface area contributed by atoms with Crippen molar-refractivity contribution in [3.05, 3.63) is 0 Å². The Bertz CT molecular complexity index is 229. The van der Waals surface area contributed by atoms with Crippen LogP contribution < -0.4 is 0 Å². The number of hydrogen-bond acceptors (Lipinski definition) is 2. The van der Waals surface area contributed by atoms with Crippen LogP contribution in [0.2, 0.25) is 0 Å². The van der Waals surface area contributed by atoms with Crippen LogP contribution >= 0.6 is 17.7 Å². The topological polar surface area (TPSA) is 17.1 Å². The van der Waals surface area contributed by atoms with E-state index in [0.717, 1.165) is 18.3 Å². The van der Waals surface area contributed by atoms with Crippen molar-refractivity contribution in [1.29, 1.82) is 0 Å². The molecule has 0 aromatic heterocycles. The lowest BCUT2D eigenvalue weighted by molar-refractivity contribution is 0.487. The van der Waals surface area contributed by atoms with Crippen molar-refractivity contribution in [1.82, 2.24) is 0 Å². The number of rotatable bonds is 0. The summed E-state index contributed by atoms with van der Waals surface area (Å²) < 4.78 is 11.5. The van der Waals surface area contributed by atoms with Crippen molar-refractivity contribution in [2.24, 2.45) is 5.41 Å². The van der Waals surface area contributed by atoms with Crippen LogP contribution in [0.3, 0.4) is 0 Å². The fourth-order valence-corrected chi connectivity index (χ4v) is 5.13. The van der Waals surface area contributed by atoms with E-state index in [4.69, 9.17) is 6.42 Å². The minimum absolute atomic E-state index is 0.00537. The molecule has 0 amide bonds. The van der Waals surface area contributed by atoms with Crippen LogP contribution in [0, 0.1) is 17.8 Å². The van der Waals surface area contributed by atoms with Crippen LogP contribution in [0.25, 0.3) is 0 Å². The summed E-state index contributed by atoms with van der Waals surface area (Å²) in [6.07, 6.45) is 5.24. The third-order valence-corrected chi connectivity index (χ3v) is 7.00. The molecular formula is C8H13OPS. The second kappa shape index (κ2) is 2.88. The fraction of sp³-hybridized carbons (Fsp3) is 0.750. The van der Waals surface area contributed by atoms with Gasteiger partial charge in [0.25, 0.3) is 0 Å². The molecule has 1 rings (SSSR count). The van der Waals surface area contributed by atoms with Gasteiger partial charge in [-0.25, -0.2) is 0 Å². The van der Waals surface area contributed by atoms with E-state index in [9.17, 15) is 4.57 Å². The van der Waals surface area contributed by atoms with Gasteiger partial charge in [-0.1, -0.05) is 17.3 Å². The van der Waals surface area contributed by atoms with Gasteiger partial charge in [0, 0.05) is 17.3 Å². The third-order valence-electron chi connectivity index (χ3n) is 2.07. The van der Waals surface area contributed by atoms with Crippen molar-refractivity contribution in [3.8, 4) is 12.3 Å². The van der Waals surface area contributed by atoms with E-state index in [0.29, 0.717) is 0 Å². The maximum absolute atomic E-state index is 11.5. The van der Waals surface area contributed by atoms with Crippen molar-refractivity contribution in [3.63, 3.8) is 0 Å². The molecular weight excluding hydrogens is 175 g/mol. The van der Waals surface area contributed by atoms with Crippen LogP contribution in [0.1, 0.15) is 13.3 Å². The van der Waals surface area contributed by atoms with Crippen molar-refractivity contribution in [2.45, 2.75) is 13.3 Å². The summed E-state index contributed by atoms with van der Waals surface area (Å²) in [5.74, 6) is 3.63. The molecule has 0 aromatic carbocycles. The predicted octanol–water partition coefficient (Wildman–Crippen LogP) is 2.67. The lowest BCUT2D eigenvalue weighted by Gasteiger charge is -2.31. The summed E-state index contributed by atoms with van der Waals surface area (Å²) in [5, 5.41) is 0. The Morgan fingerprint density at radius 1 is 1.73 bits per heavy atom. The van der Waals surface area contributed by atoms with Crippen LogP contribution in [0.5, 0.6) is 0 Å². The summed E-state index contributed by atoms with van der Waals surface area (Å²) >= 11 is 1.56. The van der Waals surface area contributed by atoms with E-state index in [2.05, 4.69) is 12.8 Å². The second-order valence-electron chi connectivity index (χ2n) is 3.47. The summed E-state index contributed by atoms with van der Waals surface area (Å²) in [6, 6.07) is 0. The minimum atomic E-state index is -1.86. The van der Waals surface area contributed by atoms with Gasteiger partial charge in [-0.3, -0.25) is 0 Å². The number of hydrogen-bond donors (Lipinski definition) is 0. The van der Waals surface area contributed by atoms with Gasteiger partial charge in [0.2, 0.25) is 0 Å². The Labute approximate surface area is 72.4 Å². The molecule has 0 radical (unpaired) electrons. The lowest BCUT2D eigenvalue weighted by atomic mass is 9.91. The minimum Gasteiger partial charge on any atom is -0.312 e. The van der Waals surface area contributed by atoms with Crippen LogP contribution in [0.15, 0.2) is 0 Å². The highest BCUT2D eigenvalue weighted by atomic mass is 32.7. The average Bonchev–Trinajstić information content (AvgIpc) is 1.97. The molecule has 0 N–H and O–H groups in total. The highest BCUT2D eigenvalue weighted by Crippen LogP contribution is 2.61. The van der Waals surface area contributed by atoms with Gasteiger partial charge in [-0.05, 0) is 20.0 Å². The van der Waals surface area contributed by atoms with Crippen LogP contribution in [0.4, 0.5) is 0 Å². The average molecular weight is 188 g/mol. The van der Waals surface area contributed by atoms with E-state index in [1.807, 2.05) is 6.66 Å². The molecule has 0 saturated carbocycles. The summed E-state index contributed by atoms with van der Waals surface area (Å²) in [5.41, 5.74) is -0.00537. The monoisotopic (exact) mass is 188 g/mol. The summed E-state index contributed by atoms with van der Waals surface area (Å²) in [6.45, 7) is 3.92. The molecule has 1 aliphatic rings. The molecule has 0 spiro atoms. The van der Waals surface area contributed by atoms with Crippen LogP contribution in [-0.2, 0) is 4.57 Å². The molecule has 1 saturated heterocycles. The van der Waals surface area contributed by atoms with Crippen molar-refractivity contribution in [2.75, 3.05) is 18.6 Å². The van der Waals surface area contributed by atoms with E-state index >= 15 is 0 Å². The van der Waals surface area contributed by atoms with Gasteiger partial charge in [-0.15, -0.1) is 6.42 Å². The third kappa shape index (κ3) is 2.29. The zero-order valence-electron chi connectivity index (χ0n) is 6.96.